The fraction of sp³-hybridized carbons (Fsp3) is 0.545. The third kappa shape index (κ3) is 6.29. The number of hydrogen-bond donors (Lipinski definition) is 3. The molecular formula is C33H45N9O2S. The van der Waals surface area contributed by atoms with Crippen LogP contribution in [0.1, 0.15) is 74.1 Å². The Morgan fingerprint density at radius 3 is 2.49 bits per heavy atom. The Kier molecular flexibility index (Phi) is 9.51. The standard InChI is InChI=1S/C33H45N9O2S/c1-4-27(43)42-17-15-40(16-18-42)22-19-24(38-26(20-22)41-13-10-33(5-2,9-12-34)11-14-41)29(36)39-31(44)32(3)8-6-7-25-28(32)23(21-35)30(37)45-25/h4,19-20H,1,5-18,34,37H2,2-3H3,(H2,36,39,44). The van der Waals surface area contributed by atoms with Gasteiger partial charge in [0.1, 0.15) is 22.6 Å². The highest BCUT2D eigenvalue weighted by molar-refractivity contribution is 7.16. The zero-order valence-corrected chi connectivity index (χ0v) is 27.3. The first-order valence-corrected chi connectivity index (χ1v) is 16.7. The van der Waals surface area contributed by atoms with Crippen LogP contribution in [0.15, 0.2) is 29.8 Å². The number of aliphatic imine (C=N–C) groups is 1. The van der Waals surface area contributed by atoms with Crippen molar-refractivity contribution in [1.82, 2.24) is 9.88 Å². The number of piperidine rings is 1. The summed E-state index contributed by atoms with van der Waals surface area (Å²) < 4.78 is 0. The van der Waals surface area contributed by atoms with Crippen molar-refractivity contribution in [2.45, 2.75) is 64.2 Å². The number of carbonyl (C=O) groups is 2. The number of carbonyl (C=O) groups excluding carboxylic acids is 2. The molecule has 0 saturated carbocycles. The normalized spacial score (nSPS) is 21.6. The summed E-state index contributed by atoms with van der Waals surface area (Å²) in [6.07, 6.45) is 7.65. The zero-order valence-electron chi connectivity index (χ0n) is 26.5. The van der Waals surface area contributed by atoms with Crippen molar-refractivity contribution in [2.75, 3.05) is 61.3 Å². The van der Waals surface area contributed by atoms with Gasteiger partial charge in [0.15, 0.2) is 5.84 Å². The molecule has 2 fully saturated rings. The van der Waals surface area contributed by atoms with Crippen molar-refractivity contribution in [1.29, 1.82) is 5.26 Å². The molecule has 240 valence electrons. The Morgan fingerprint density at radius 2 is 1.87 bits per heavy atom. The van der Waals surface area contributed by atoms with Crippen LogP contribution in [0.25, 0.3) is 0 Å². The van der Waals surface area contributed by atoms with E-state index in [-0.39, 0.29) is 17.2 Å². The van der Waals surface area contributed by atoms with E-state index < -0.39 is 11.3 Å². The van der Waals surface area contributed by atoms with E-state index in [9.17, 15) is 14.9 Å². The quantitative estimate of drug-likeness (QED) is 0.225. The minimum absolute atomic E-state index is 0.0432. The van der Waals surface area contributed by atoms with E-state index in [2.05, 4.69) is 40.4 Å². The number of hydrogen-bond acceptors (Lipinski definition) is 9. The summed E-state index contributed by atoms with van der Waals surface area (Å²) in [7, 11) is 0. The fourth-order valence-corrected chi connectivity index (χ4v) is 8.38. The molecule has 0 spiro atoms. The lowest BCUT2D eigenvalue weighted by molar-refractivity contribution is -0.126. The van der Waals surface area contributed by atoms with Gasteiger partial charge in [-0.3, -0.25) is 9.59 Å². The first-order valence-electron chi connectivity index (χ1n) is 15.9. The molecule has 3 aliphatic rings. The molecule has 5 rings (SSSR count). The maximum Gasteiger partial charge on any atom is 0.258 e. The van der Waals surface area contributed by atoms with Gasteiger partial charge < -0.3 is 31.9 Å². The third-order valence-corrected chi connectivity index (χ3v) is 11.3. The molecule has 1 unspecified atom stereocenters. The smallest absolute Gasteiger partial charge is 0.258 e. The molecular weight excluding hydrogens is 586 g/mol. The number of anilines is 3. The maximum atomic E-state index is 13.9. The van der Waals surface area contributed by atoms with Crippen LogP contribution in [0.2, 0.25) is 0 Å². The van der Waals surface area contributed by atoms with Gasteiger partial charge in [-0.25, -0.2) is 4.98 Å². The molecule has 1 atom stereocenters. The summed E-state index contributed by atoms with van der Waals surface area (Å²) in [5, 5.41) is 10.3. The molecule has 0 aromatic carbocycles. The number of piperazine rings is 1. The van der Waals surface area contributed by atoms with Crippen LogP contribution in [-0.4, -0.2) is 73.3 Å². The molecule has 2 amide bonds. The number of amidine groups is 1. The lowest BCUT2D eigenvalue weighted by Crippen LogP contribution is -2.48. The maximum absolute atomic E-state index is 13.9. The number of aromatic nitrogens is 1. The first kappa shape index (κ1) is 32.4. The second-order valence-electron chi connectivity index (χ2n) is 12.7. The lowest BCUT2D eigenvalue weighted by Gasteiger charge is -2.42. The Labute approximate surface area is 269 Å². The van der Waals surface area contributed by atoms with Gasteiger partial charge >= 0.3 is 0 Å². The summed E-state index contributed by atoms with van der Waals surface area (Å²) in [4.78, 5) is 42.7. The number of thiophene rings is 1. The molecule has 0 radical (unpaired) electrons. The number of nitrogens with two attached hydrogens (primary N) is 3. The van der Waals surface area contributed by atoms with Crippen molar-refractivity contribution < 1.29 is 9.59 Å². The van der Waals surface area contributed by atoms with Crippen LogP contribution < -0.4 is 27.0 Å². The molecule has 12 heteroatoms. The van der Waals surface area contributed by atoms with Gasteiger partial charge in [-0.2, -0.15) is 10.3 Å². The van der Waals surface area contributed by atoms with Gasteiger partial charge in [-0.1, -0.05) is 19.9 Å². The summed E-state index contributed by atoms with van der Waals surface area (Å²) >= 11 is 1.38. The summed E-state index contributed by atoms with van der Waals surface area (Å²) in [6.45, 7) is 12.5. The van der Waals surface area contributed by atoms with E-state index in [4.69, 9.17) is 22.2 Å². The summed E-state index contributed by atoms with van der Waals surface area (Å²) in [6, 6.07) is 6.17. The molecule has 11 nitrogen and oxygen atoms in total. The zero-order chi connectivity index (χ0) is 32.4. The Hall–Kier alpha value is -3.95. The number of fused-ring (bicyclic) bond motifs is 1. The molecule has 1 aliphatic carbocycles. The lowest BCUT2D eigenvalue weighted by atomic mass is 9.72. The Bertz CT molecular complexity index is 1530. The predicted molar refractivity (Wildman–Crippen MR) is 181 cm³/mol. The van der Waals surface area contributed by atoms with E-state index in [0.717, 1.165) is 68.0 Å². The van der Waals surface area contributed by atoms with Crippen LogP contribution in [0.4, 0.5) is 16.5 Å². The molecule has 2 saturated heterocycles. The van der Waals surface area contributed by atoms with Crippen molar-refractivity contribution in [3.05, 3.63) is 46.5 Å². The monoisotopic (exact) mass is 631 g/mol. The summed E-state index contributed by atoms with van der Waals surface area (Å²) in [5.74, 6) is 0.366. The van der Waals surface area contributed by atoms with E-state index in [1.54, 1.807) is 4.90 Å². The number of nitriles is 1. The highest BCUT2D eigenvalue weighted by Crippen LogP contribution is 2.46. The SMILES string of the molecule is C=CC(=O)N1CCN(c2cc(C(N)=NC(=O)C3(C)CCCc4sc(N)c(C#N)c43)nc(N3CCC(CC)(CCN)CC3)c2)CC1. The van der Waals surface area contributed by atoms with E-state index in [0.29, 0.717) is 61.0 Å². The van der Waals surface area contributed by atoms with Gasteiger partial charge in [0.05, 0.1) is 11.0 Å². The van der Waals surface area contributed by atoms with Crippen LogP contribution in [0, 0.1) is 16.7 Å². The first-order chi connectivity index (χ1) is 21.6. The molecule has 2 aromatic heterocycles. The highest BCUT2D eigenvalue weighted by atomic mass is 32.1. The molecule has 0 bridgehead atoms. The van der Waals surface area contributed by atoms with Crippen LogP contribution in [0.3, 0.4) is 0 Å². The summed E-state index contributed by atoms with van der Waals surface area (Å²) in [5.41, 5.74) is 20.4. The molecule has 2 aliphatic heterocycles. The number of nitrogens with zero attached hydrogens (tertiary/aromatic N) is 6. The average Bonchev–Trinajstić information content (AvgIpc) is 3.40. The van der Waals surface area contributed by atoms with Crippen LogP contribution in [-0.2, 0) is 21.4 Å². The van der Waals surface area contributed by atoms with Gasteiger partial charge in [0.2, 0.25) is 5.91 Å². The average molecular weight is 632 g/mol. The second-order valence-corrected chi connectivity index (χ2v) is 13.8. The Morgan fingerprint density at radius 1 is 1.16 bits per heavy atom. The largest absolute Gasteiger partial charge is 0.389 e. The van der Waals surface area contributed by atoms with Crippen molar-refractivity contribution in [3.63, 3.8) is 0 Å². The van der Waals surface area contributed by atoms with Crippen LogP contribution in [0.5, 0.6) is 0 Å². The second kappa shape index (κ2) is 13.2. The minimum Gasteiger partial charge on any atom is -0.389 e. The minimum atomic E-state index is -0.995. The third-order valence-electron chi connectivity index (χ3n) is 10.2. The molecule has 4 heterocycles. The van der Waals surface area contributed by atoms with Crippen molar-refractivity contribution >= 4 is 45.5 Å². The topological polar surface area (TPSA) is 171 Å². The predicted octanol–water partition coefficient (Wildman–Crippen LogP) is 3.30. The highest BCUT2D eigenvalue weighted by Gasteiger charge is 2.43. The van der Waals surface area contributed by atoms with E-state index >= 15 is 0 Å². The van der Waals surface area contributed by atoms with E-state index in [1.807, 2.05) is 13.0 Å². The van der Waals surface area contributed by atoms with Crippen molar-refractivity contribution in [2.24, 2.45) is 21.9 Å². The van der Waals surface area contributed by atoms with E-state index in [1.165, 1.54) is 17.4 Å². The van der Waals surface area contributed by atoms with Gasteiger partial charge in [0, 0.05) is 61.5 Å². The fourth-order valence-electron chi connectivity index (χ4n) is 7.19. The number of amides is 2. The Balaban J connectivity index is 1.47. The van der Waals surface area contributed by atoms with Gasteiger partial charge in [-0.15, -0.1) is 11.3 Å². The molecule has 6 N–H and O–H groups in total. The van der Waals surface area contributed by atoms with Crippen LogP contribution >= 0.6 is 11.3 Å². The van der Waals surface area contributed by atoms with Gasteiger partial charge in [0.25, 0.3) is 5.91 Å². The molecule has 2 aromatic rings. The number of aryl methyl sites for hydroxylation is 1. The number of rotatable bonds is 8. The molecule has 45 heavy (non-hydrogen) atoms. The van der Waals surface area contributed by atoms with Crippen molar-refractivity contribution in [3.8, 4) is 6.07 Å². The van der Waals surface area contributed by atoms with Gasteiger partial charge in [-0.05, 0) is 69.6 Å². The number of pyridine rings is 1. The number of nitrogen functional groups attached to an aromatic ring is 1.